The molecule has 3 nitrogen and oxygen atoms in total. The van der Waals surface area contributed by atoms with Crippen LogP contribution in [0.3, 0.4) is 0 Å². The van der Waals surface area contributed by atoms with E-state index < -0.39 is 23.2 Å². The zero-order chi connectivity index (χ0) is 13.8. The van der Waals surface area contributed by atoms with E-state index in [0.717, 1.165) is 18.2 Å². The molecule has 0 saturated heterocycles. The van der Waals surface area contributed by atoms with Crippen molar-refractivity contribution < 1.29 is 23.4 Å². The van der Waals surface area contributed by atoms with Crippen molar-refractivity contribution in [3.63, 3.8) is 0 Å². The van der Waals surface area contributed by atoms with Crippen LogP contribution in [-0.2, 0) is 15.1 Å². The first-order chi connectivity index (χ1) is 8.36. The van der Waals surface area contributed by atoms with E-state index in [1.807, 2.05) is 0 Å². The number of ether oxygens (including phenoxy) is 1. The van der Waals surface area contributed by atoms with Gasteiger partial charge >= 0.3 is 5.97 Å². The molecule has 0 heterocycles. The average Bonchev–Trinajstić information content (AvgIpc) is 2.30. The van der Waals surface area contributed by atoms with Gasteiger partial charge in [-0.3, -0.25) is 4.79 Å². The lowest BCUT2D eigenvalue weighted by Gasteiger charge is -2.24. The summed E-state index contributed by atoms with van der Waals surface area (Å²) in [5, 5.41) is 10.1. The zero-order valence-electron chi connectivity index (χ0n) is 10.4. The number of carbonyl (C=O) groups is 1. The summed E-state index contributed by atoms with van der Waals surface area (Å²) in [7, 11) is 0. The van der Waals surface area contributed by atoms with E-state index >= 15 is 0 Å². The van der Waals surface area contributed by atoms with Crippen LogP contribution in [-0.4, -0.2) is 17.7 Å². The molecule has 5 heteroatoms. The molecule has 1 unspecified atom stereocenters. The third kappa shape index (κ3) is 3.77. The fourth-order valence-corrected chi connectivity index (χ4v) is 1.62. The van der Waals surface area contributed by atoms with Crippen LogP contribution in [0.1, 0.15) is 32.3 Å². The van der Waals surface area contributed by atoms with E-state index in [4.69, 9.17) is 4.74 Å². The van der Waals surface area contributed by atoms with Crippen molar-refractivity contribution in [3.05, 3.63) is 35.4 Å². The molecule has 0 spiro atoms. The van der Waals surface area contributed by atoms with Crippen molar-refractivity contribution in [3.8, 4) is 0 Å². The summed E-state index contributed by atoms with van der Waals surface area (Å²) in [6.07, 6.45) is -0.0942. The number of halogens is 2. The Morgan fingerprint density at radius 3 is 2.72 bits per heavy atom. The van der Waals surface area contributed by atoms with Gasteiger partial charge in [-0.15, -0.1) is 0 Å². The smallest absolute Gasteiger partial charge is 0.305 e. The van der Waals surface area contributed by atoms with Crippen molar-refractivity contribution in [2.45, 2.75) is 32.3 Å². The lowest BCUT2D eigenvalue weighted by atomic mass is 9.90. The Labute approximate surface area is 104 Å². The third-order valence-corrected chi connectivity index (χ3v) is 2.63. The van der Waals surface area contributed by atoms with Crippen molar-refractivity contribution >= 4 is 5.97 Å². The Morgan fingerprint density at radius 2 is 2.11 bits per heavy atom. The fourth-order valence-electron chi connectivity index (χ4n) is 1.62. The quantitative estimate of drug-likeness (QED) is 0.825. The zero-order valence-corrected chi connectivity index (χ0v) is 10.4. The van der Waals surface area contributed by atoms with Crippen LogP contribution in [0, 0.1) is 11.6 Å². The second-order valence-corrected chi connectivity index (χ2v) is 4.20. The van der Waals surface area contributed by atoms with Crippen molar-refractivity contribution in [2.24, 2.45) is 0 Å². The first-order valence-corrected chi connectivity index (χ1v) is 5.70. The maximum absolute atomic E-state index is 13.5. The van der Waals surface area contributed by atoms with Crippen LogP contribution in [0.5, 0.6) is 0 Å². The molecule has 0 amide bonds. The van der Waals surface area contributed by atoms with Gasteiger partial charge in [0.15, 0.2) is 0 Å². The lowest BCUT2D eigenvalue weighted by Crippen LogP contribution is -2.24. The molecule has 1 aromatic carbocycles. The largest absolute Gasteiger partial charge is 0.466 e. The number of rotatable bonds is 5. The molecule has 1 aromatic rings. The number of hydrogen-bond donors (Lipinski definition) is 1. The molecule has 1 rings (SSSR count). The SMILES string of the molecule is CCOC(=O)CCC(C)(O)c1cc(F)ccc1F. The second kappa shape index (κ2) is 5.91. The van der Waals surface area contributed by atoms with Crippen molar-refractivity contribution in [1.82, 2.24) is 0 Å². The number of aliphatic hydroxyl groups is 1. The predicted molar refractivity (Wildman–Crippen MR) is 61.8 cm³/mol. The maximum atomic E-state index is 13.5. The molecule has 100 valence electrons. The fraction of sp³-hybridized carbons (Fsp3) is 0.462. The molecular weight excluding hydrogens is 242 g/mol. The van der Waals surface area contributed by atoms with Gasteiger partial charge in [-0.2, -0.15) is 0 Å². The van der Waals surface area contributed by atoms with Gasteiger partial charge in [-0.1, -0.05) is 0 Å². The van der Waals surface area contributed by atoms with Gasteiger partial charge in [-0.05, 0) is 38.5 Å². The standard InChI is InChI=1S/C13H16F2O3/c1-3-18-12(16)6-7-13(2,17)10-8-9(14)4-5-11(10)15/h4-5,8,17H,3,6-7H2,1-2H3. The van der Waals surface area contributed by atoms with Gasteiger partial charge in [0.05, 0.1) is 12.2 Å². The van der Waals surface area contributed by atoms with Gasteiger partial charge in [0.25, 0.3) is 0 Å². The topological polar surface area (TPSA) is 46.5 Å². The molecule has 1 atom stereocenters. The van der Waals surface area contributed by atoms with Gasteiger partial charge in [-0.25, -0.2) is 8.78 Å². The summed E-state index contributed by atoms with van der Waals surface area (Å²) < 4.78 is 31.2. The molecular formula is C13H16F2O3. The minimum absolute atomic E-state index is 0.0355. The van der Waals surface area contributed by atoms with Crippen LogP contribution >= 0.6 is 0 Å². The Balaban J connectivity index is 2.79. The highest BCUT2D eigenvalue weighted by atomic mass is 19.1. The van der Waals surface area contributed by atoms with E-state index in [9.17, 15) is 18.7 Å². The molecule has 0 fully saturated rings. The summed E-state index contributed by atoms with van der Waals surface area (Å²) in [4.78, 5) is 11.2. The molecule has 0 aliphatic carbocycles. The summed E-state index contributed by atoms with van der Waals surface area (Å²) in [6.45, 7) is 3.25. The van der Waals surface area contributed by atoms with E-state index in [2.05, 4.69) is 0 Å². The lowest BCUT2D eigenvalue weighted by molar-refractivity contribution is -0.144. The van der Waals surface area contributed by atoms with E-state index in [1.54, 1.807) is 6.92 Å². The highest BCUT2D eigenvalue weighted by Crippen LogP contribution is 2.28. The highest BCUT2D eigenvalue weighted by Gasteiger charge is 2.28. The molecule has 0 radical (unpaired) electrons. The van der Waals surface area contributed by atoms with E-state index in [-0.39, 0.29) is 25.0 Å². The molecule has 0 saturated carbocycles. The Kier molecular flexibility index (Phi) is 4.78. The number of benzene rings is 1. The normalized spacial score (nSPS) is 14.1. The molecule has 1 N–H and O–H groups in total. The Morgan fingerprint density at radius 1 is 1.44 bits per heavy atom. The van der Waals surface area contributed by atoms with Crippen LogP contribution in [0.15, 0.2) is 18.2 Å². The highest BCUT2D eigenvalue weighted by molar-refractivity contribution is 5.69. The number of esters is 1. The third-order valence-electron chi connectivity index (χ3n) is 2.63. The molecule has 18 heavy (non-hydrogen) atoms. The van der Waals surface area contributed by atoms with Crippen LogP contribution in [0.25, 0.3) is 0 Å². The summed E-state index contributed by atoms with van der Waals surface area (Å²) in [5.41, 5.74) is -1.77. The molecule has 0 aromatic heterocycles. The summed E-state index contributed by atoms with van der Waals surface area (Å²) >= 11 is 0. The summed E-state index contributed by atoms with van der Waals surface area (Å²) in [6, 6.07) is 2.85. The Hall–Kier alpha value is -1.49. The first-order valence-electron chi connectivity index (χ1n) is 5.70. The minimum atomic E-state index is -1.61. The van der Waals surface area contributed by atoms with Crippen molar-refractivity contribution in [1.29, 1.82) is 0 Å². The second-order valence-electron chi connectivity index (χ2n) is 4.20. The van der Waals surface area contributed by atoms with Crippen LogP contribution in [0.4, 0.5) is 8.78 Å². The molecule has 0 aliphatic heterocycles. The average molecular weight is 258 g/mol. The Bertz CT molecular complexity index is 430. The first kappa shape index (κ1) is 14.6. The predicted octanol–water partition coefficient (Wildman–Crippen LogP) is 2.52. The van der Waals surface area contributed by atoms with E-state index in [0.29, 0.717) is 0 Å². The van der Waals surface area contributed by atoms with Gasteiger partial charge in [0.1, 0.15) is 11.6 Å². The molecule has 0 bridgehead atoms. The van der Waals surface area contributed by atoms with Crippen LogP contribution in [0.2, 0.25) is 0 Å². The number of hydrogen-bond acceptors (Lipinski definition) is 3. The van der Waals surface area contributed by atoms with Gasteiger partial charge in [0.2, 0.25) is 0 Å². The van der Waals surface area contributed by atoms with E-state index in [1.165, 1.54) is 6.92 Å². The maximum Gasteiger partial charge on any atom is 0.305 e. The minimum Gasteiger partial charge on any atom is -0.466 e. The summed E-state index contributed by atoms with van der Waals surface area (Å²) in [5.74, 6) is -1.82. The van der Waals surface area contributed by atoms with Gasteiger partial charge < -0.3 is 9.84 Å². The van der Waals surface area contributed by atoms with Crippen LogP contribution < -0.4 is 0 Å². The molecule has 0 aliphatic rings. The van der Waals surface area contributed by atoms with Gasteiger partial charge in [0, 0.05) is 12.0 Å². The number of carbonyl (C=O) groups excluding carboxylic acids is 1. The van der Waals surface area contributed by atoms with Crippen molar-refractivity contribution in [2.75, 3.05) is 6.61 Å². The monoisotopic (exact) mass is 258 g/mol.